The number of aliphatic hydroxyl groups is 2. The summed E-state index contributed by atoms with van der Waals surface area (Å²) in [6, 6.07) is 16.1. The summed E-state index contributed by atoms with van der Waals surface area (Å²) in [7, 11) is 3.32. The van der Waals surface area contributed by atoms with Gasteiger partial charge in [-0.25, -0.2) is 0 Å². The third-order valence-corrected chi connectivity index (χ3v) is 9.24. The van der Waals surface area contributed by atoms with Crippen LogP contribution in [0.5, 0.6) is 11.5 Å². The molecule has 4 aliphatic rings. The highest BCUT2D eigenvalue weighted by molar-refractivity contribution is 5.84. The highest BCUT2D eigenvalue weighted by Gasteiger charge is 2.88. The molecule has 8 heteroatoms. The standard InChI is InChI=1S/C16H20O3.C13H16O3.CO2/c1-4-12-13-14(15(17)19-5-2)16(12,13)10-6-8-11(18-3)9-7-10;1-16-9-4-2-8(3-5-9)13-10(6-14)12(13)11(13)7-15;2-1-3/h6-9,12-14H,4-5H2,1-3H3;2-5,10-12,14-15H,6-7H2,1H3;. The maximum absolute atomic E-state index is 12.0. The van der Waals surface area contributed by atoms with E-state index < -0.39 is 0 Å². The lowest BCUT2D eigenvalue weighted by atomic mass is 9.88. The Morgan fingerprint density at radius 2 is 1.24 bits per heavy atom. The second-order valence-corrected chi connectivity index (χ2v) is 10.3. The first-order valence-electron chi connectivity index (χ1n) is 13.1. The molecule has 0 saturated heterocycles. The van der Waals surface area contributed by atoms with Crippen molar-refractivity contribution < 1.29 is 38.8 Å². The Bertz CT molecular complexity index is 1140. The average molecular weight is 525 g/mol. The molecule has 4 fully saturated rings. The van der Waals surface area contributed by atoms with Gasteiger partial charge in [-0.1, -0.05) is 37.6 Å². The van der Waals surface area contributed by atoms with Crippen LogP contribution in [0, 0.1) is 35.5 Å². The molecule has 0 spiro atoms. The van der Waals surface area contributed by atoms with Gasteiger partial charge in [0.15, 0.2) is 0 Å². The van der Waals surface area contributed by atoms with Gasteiger partial charge in [0.25, 0.3) is 0 Å². The first kappa shape index (κ1) is 27.8. The van der Waals surface area contributed by atoms with Gasteiger partial charge in [0, 0.05) is 24.0 Å². The molecule has 204 valence electrons. The van der Waals surface area contributed by atoms with Crippen LogP contribution in [0.4, 0.5) is 0 Å². The summed E-state index contributed by atoms with van der Waals surface area (Å²) in [5, 5.41) is 18.5. The molecule has 6 unspecified atom stereocenters. The van der Waals surface area contributed by atoms with Gasteiger partial charge in [-0.05, 0) is 71.9 Å². The Morgan fingerprint density at radius 3 is 1.61 bits per heavy atom. The second-order valence-electron chi connectivity index (χ2n) is 10.3. The van der Waals surface area contributed by atoms with Crippen LogP contribution in [0.15, 0.2) is 48.5 Å². The van der Waals surface area contributed by atoms with Gasteiger partial charge in [-0.15, -0.1) is 0 Å². The number of benzene rings is 2. The molecule has 0 radical (unpaired) electrons. The van der Waals surface area contributed by atoms with Crippen molar-refractivity contribution in [3.05, 3.63) is 59.7 Å². The predicted octanol–water partition coefficient (Wildman–Crippen LogP) is 2.99. The van der Waals surface area contributed by atoms with Crippen LogP contribution in [0.2, 0.25) is 0 Å². The molecule has 2 N–H and O–H groups in total. The highest BCUT2D eigenvalue weighted by atomic mass is 16.5. The molecule has 2 aromatic carbocycles. The molecule has 0 amide bonds. The monoisotopic (exact) mass is 524 g/mol. The summed E-state index contributed by atoms with van der Waals surface area (Å²) in [6.45, 7) is 4.99. The van der Waals surface area contributed by atoms with Crippen LogP contribution in [-0.4, -0.2) is 56.4 Å². The molecule has 6 atom stereocenters. The van der Waals surface area contributed by atoms with Gasteiger partial charge in [0.2, 0.25) is 0 Å². The van der Waals surface area contributed by atoms with Gasteiger partial charge in [-0.3, -0.25) is 4.79 Å². The normalized spacial score (nSPS) is 33.8. The zero-order valence-corrected chi connectivity index (χ0v) is 22.3. The smallest absolute Gasteiger partial charge is 0.373 e. The van der Waals surface area contributed by atoms with Crippen molar-refractivity contribution in [2.75, 3.05) is 34.0 Å². The van der Waals surface area contributed by atoms with Crippen LogP contribution >= 0.6 is 0 Å². The SMILES string of the molecule is CCOC(=O)C1C2C(CC)C12c1ccc(OC)cc1.COc1ccc(C23C(CO)C2C3CO)cc1.O=C=O. The van der Waals surface area contributed by atoms with Crippen LogP contribution in [0.1, 0.15) is 31.4 Å². The maximum atomic E-state index is 12.0. The minimum absolute atomic E-state index is 0.0204. The van der Waals surface area contributed by atoms with Crippen molar-refractivity contribution in [1.82, 2.24) is 0 Å². The molecular weight excluding hydrogens is 488 g/mol. The first-order valence-corrected chi connectivity index (χ1v) is 13.1. The molecular formula is C30H36O8. The van der Waals surface area contributed by atoms with Crippen molar-refractivity contribution in [3.63, 3.8) is 0 Å². The van der Waals surface area contributed by atoms with E-state index in [1.54, 1.807) is 14.2 Å². The minimum atomic E-state index is -0.0204. The van der Waals surface area contributed by atoms with Crippen molar-refractivity contribution in [2.45, 2.75) is 31.1 Å². The Morgan fingerprint density at radius 1 is 0.789 bits per heavy atom. The fourth-order valence-corrected chi connectivity index (χ4v) is 7.41. The van der Waals surface area contributed by atoms with E-state index in [1.807, 2.05) is 31.2 Å². The predicted molar refractivity (Wildman–Crippen MR) is 136 cm³/mol. The molecule has 0 heterocycles. The zero-order valence-electron chi connectivity index (χ0n) is 22.3. The second kappa shape index (κ2) is 10.9. The number of hydrogen-bond donors (Lipinski definition) is 2. The number of carbonyl (C=O) groups excluding carboxylic acids is 3. The summed E-state index contributed by atoms with van der Waals surface area (Å²) >= 11 is 0. The fraction of sp³-hybridized carbons (Fsp3) is 0.533. The minimum Gasteiger partial charge on any atom is -0.497 e. The van der Waals surface area contributed by atoms with E-state index in [1.165, 1.54) is 11.1 Å². The lowest BCUT2D eigenvalue weighted by Crippen LogP contribution is -2.22. The van der Waals surface area contributed by atoms with Gasteiger partial charge in [-0.2, -0.15) is 9.59 Å². The Labute approximate surface area is 222 Å². The van der Waals surface area contributed by atoms with E-state index in [0.717, 1.165) is 17.9 Å². The van der Waals surface area contributed by atoms with E-state index in [-0.39, 0.29) is 42.1 Å². The quantitative estimate of drug-likeness (QED) is 0.481. The third-order valence-electron chi connectivity index (χ3n) is 9.24. The van der Waals surface area contributed by atoms with E-state index in [0.29, 0.717) is 36.2 Å². The van der Waals surface area contributed by atoms with E-state index in [4.69, 9.17) is 23.8 Å². The molecule has 38 heavy (non-hydrogen) atoms. The van der Waals surface area contributed by atoms with Gasteiger partial charge in [0.1, 0.15) is 11.5 Å². The fourth-order valence-electron chi connectivity index (χ4n) is 7.41. The molecule has 0 bridgehead atoms. The highest BCUT2D eigenvalue weighted by Crippen LogP contribution is 2.85. The Balaban J connectivity index is 0.000000162. The van der Waals surface area contributed by atoms with Gasteiger partial charge in [0.05, 0.1) is 26.7 Å². The number of esters is 1. The van der Waals surface area contributed by atoms with Crippen molar-refractivity contribution in [2.24, 2.45) is 35.5 Å². The molecule has 4 aliphatic carbocycles. The van der Waals surface area contributed by atoms with E-state index in [9.17, 15) is 15.0 Å². The van der Waals surface area contributed by atoms with Crippen molar-refractivity contribution >= 4 is 12.1 Å². The topological polar surface area (TPSA) is 119 Å². The van der Waals surface area contributed by atoms with Crippen molar-refractivity contribution in [3.8, 4) is 11.5 Å². The Kier molecular flexibility index (Phi) is 7.98. The summed E-state index contributed by atoms with van der Waals surface area (Å²) < 4.78 is 15.5. The summed E-state index contributed by atoms with van der Waals surface area (Å²) in [5.74, 6) is 4.14. The molecule has 2 aromatic rings. The summed E-state index contributed by atoms with van der Waals surface area (Å²) in [5.41, 5.74) is 2.66. The molecule has 0 aromatic heterocycles. The maximum Gasteiger partial charge on any atom is 0.373 e. The van der Waals surface area contributed by atoms with Crippen LogP contribution in [0.3, 0.4) is 0 Å². The molecule has 0 aliphatic heterocycles. The number of rotatable bonds is 9. The Hall–Kier alpha value is -3.19. The van der Waals surface area contributed by atoms with Crippen LogP contribution in [0.25, 0.3) is 0 Å². The largest absolute Gasteiger partial charge is 0.497 e. The van der Waals surface area contributed by atoms with Crippen LogP contribution < -0.4 is 9.47 Å². The summed E-state index contributed by atoms with van der Waals surface area (Å²) in [6.07, 6.45) is 1.38. The van der Waals surface area contributed by atoms with E-state index >= 15 is 0 Å². The molecule has 4 saturated carbocycles. The zero-order chi connectivity index (χ0) is 27.7. The number of carbonyl (C=O) groups is 1. The van der Waals surface area contributed by atoms with Gasteiger partial charge < -0.3 is 24.4 Å². The molecule has 6 rings (SSSR count). The lowest BCUT2D eigenvalue weighted by Gasteiger charge is -2.17. The molecule has 8 nitrogen and oxygen atoms in total. The lowest BCUT2D eigenvalue weighted by molar-refractivity contribution is -0.191. The summed E-state index contributed by atoms with van der Waals surface area (Å²) in [4.78, 5) is 28.2. The number of methoxy groups -OCH3 is 2. The number of fused-ring (bicyclic) bond motifs is 2. The first-order chi connectivity index (χ1) is 18.4. The number of aliphatic hydroxyl groups excluding tert-OH is 2. The third kappa shape index (κ3) is 4.12. The number of hydrogen-bond acceptors (Lipinski definition) is 8. The van der Waals surface area contributed by atoms with Crippen molar-refractivity contribution in [1.29, 1.82) is 0 Å². The van der Waals surface area contributed by atoms with Crippen LogP contribution in [-0.2, 0) is 30.0 Å². The average Bonchev–Trinajstić information content (AvgIpc) is 3.84. The van der Waals surface area contributed by atoms with Gasteiger partial charge >= 0.3 is 12.1 Å². The van der Waals surface area contributed by atoms with E-state index in [2.05, 4.69) is 31.2 Å². The number of ether oxygens (including phenoxy) is 3.